The predicted molar refractivity (Wildman–Crippen MR) is 132 cm³/mol. The number of para-hydroxylation sites is 1. The standard InChI is InChI=1S/C24H14Cl2N4O2S/c1-13-16-4-2-3-5-19(16)32-22(13)23-27-28-24-30(23)29-21(33-24)11-8-15-7-10-20(31-15)17-9-6-14(25)12-18(17)26/h2-12H,1H3/b11-8+. The Labute approximate surface area is 201 Å². The van der Waals surface area contributed by atoms with E-state index in [0.717, 1.165) is 27.1 Å². The molecule has 33 heavy (non-hydrogen) atoms. The lowest BCUT2D eigenvalue weighted by molar-refractivity contribution is 0.572. The first-order valence-corrected chi connectivity index (χ1v) is 11.6. The van der Waals surface area contributed by atoms with Gasteiger partial charge in [0.2, 0.25) is 10.8 Å². The molecule has 4 aromatic heterocycles. The summed E-state index contributed by atoms with van der Waals surface area (Å²) in [5.74, 6) is 2.58. The third-order valence-corrected chi connectivity index (χ3v) is 6.68. The monoisotopic (exact) mass is 492 g/mol. The van der Waals surface area contributed by atoms with Crippen LogP contribution in [-0.2, 0) is 0 Å². The Bertz CT molecular complexity index is 1670. The maximum absolute atomic E-state index is 6.29. The van der Waals surface area contributed by atoms with Crippen molar-refractivity contribution in [1.82, 2.24) is 19.8 Å². The van der Waals surface area contributed by atoms with Crippen molar-refractivity contribution in [2.45, 2.75) is 6.92 Å². The van der Waals surface area contributed by atoms with Crippen molar-refractivity contribution in [3.63, 3.8) is 0 Å². The zero-order chi connectivity index (χ0) is 22.5. The number of halogens is 2. The molecule has 0 aliphatic carbocycles. The number of benzene rings is 2. The minimum Gasteiger partial charge on any atom is -0.457 e. The summed E-state index contributed by atoms with van der Waals surface area (Å²) in [5.41, 5.74) is 2.60. The maximum Gasteiger partial charge on any atom is 0.235 e. The van der Waals surface area contributed by atoms with Gasteiger partial charge in [-0.3, -0.25) is 0 Å². The molecule has 6 rings (SSSR count). The van der Waals surface area contributed by atoms with Crippen LogP contribution in [0.2, 0.25) is 10.0 Å². The molecule has 0 saturated heterocycles. The molecule has 0 spiro atoms. The minimum atomic E-state index is 0.537. The van der Waals surface area contributed by atoms with Gasteiger partial charge in [-0.2, -0.15) is 9.61 Å². The number of aromatic nitrogens is 4. The smallest absolute Gasteiger partial charge is 0.235 e. The third-order valence-electron chi connectivity index (χ3n) is 5.27. The van der Waals surface area contributed by atoms with E-state index in [0.29, 0.717) is 38.1 Å². The number of rotatable bonds is 4. The Kier molecular flexibility index (Phi) is 4.83. The van der Waals surface area contributed by atoms with Gasteiger partial charge in [0.15, 0.2) is 5.76 Å². The fourth-order valence-electron chi connectivity index (χ4n) is 3.66. The molecule has 0 atom stereocenters. The van der Waals surface area contributed by atoms with Crippen LogP contribution in [-0.4, -0.2) is 19.8 Å². The number of hydrogen-bond acceptors (Lipinski definition) is 6. The molecule has 6 nitrogen and oxygen atoms in total. The fraction of sp³-hybridized carbons (Fsp3) is 0.0417. The van der Waals surface area contributed by atoms with Crippen molar-refractivity contribution < 1.29 is 8.83 Å². The van der Waals surface area contributed by atoms with Gasteiger partial charge >= 0.3 is 0 Å². The van der Waals surface area contributed by atoms with Crippen molar-refractivity contribution in [3.05, 3.63) is 81.0 Å². The van der Waals surface area contributed by atoms with Gasteiger partial charge in [-0.1, -0.05) is 52.7 Å². The van der Waals surface area contributed by atoms with Gasteiger partial charge in [-0.15, -0.1) is 10.2 Å². The second kappa shape index (κ2) is 7.88. The highest BCUT2D eigenvalue weighted by molar-refractivity contribution is 7.17. The van der Waals surface area contributed by atoms with Crippen molar-refractivity contribution in [3.8, 4) is 22.9 Å². The number of nitrogens with zero attached hydrogens (tertiary/aromatic N) is 4. The van der Waals surface area contributed by atoms with E-state index in [1.807, 2.05) is 61.5 Å². The van der Waals surface area contributed by atoms with Crippen molar-refractivity contribution in [1.29, 1.82) is 0 Å². The molecular weight excluding hydrogens is 479 g/mol. The molecular formula is C24H14Cl2N4O2S. The summed E-state index contributed by atoms with van der Waals surface area (Å²) < 4.78 is 13.7. The molecule has 0 aliphatic rings. The van der Waals surface area contributed by atoms with Gasteiger partial charge in [0, 0.05) is 21.5 Å². The van der Waals surface area contributed by atoms with Crippen LogP contribution in [0.1, 0.15) is 16.3 Å². The van der Waals surface area contributed by atoms with E-state index in [1.54, 1.807) is 16.6 Å². The fourth-order valence-corrected chi connectivity index (χ4v) is 4.90. The Hall–Kier alpha value is -3.39. The predicted octanol–water partition coefficient (Wildman–Crippen LogP) is 7.64. The lowest BCUT2D eigenvalue weighted by Gasteiger charge is -2.00. The van der Waals surface area contributed by atoms with Crippen LogP contribution in [0.3, 0.4) is 0 Å². The first-order chi connectivity index (χ1) is 16.1. The molecule has 9 heteroatoms. The summed E-state index contributed by atoms with van der Waals surface area (Å²) in [6, 6.07) is 17.0. The molecule has 0 bridgehead atoms. The Balaban J connectivity index is 1.31. The molecule has 2 aromatic carbocycles. The van der Waals surface area contributed by atoms with Crippen molar-refractivity contribution in [2.24, 2.45) is 0 Å². The summed E-state index contributed by atoms with van der Waals surface area (Å²) >= 11 is 13.7. The largest absolute Gasteiger partial charge is 0.457 e. The maximum atomic E-state index is 6.29. The van der Waals surface area contributed by atoms with Gasteiger partial charge < -0.3 is 8.83 Å². The number of fused-ring (bicyclic) bond motifs is 2. The highest BCUT2D eigenvalue weighted by Gasteiger charge is 2.20. The van der Waals surface area contributed by atoms with Crippen molar-refractivity contribution >= 4 is 62.6 Å². The first kappa shape index (κ1) is 20.2. The second-order valence-corrected chi connectivity index (χ2v) is 9.20. The van der Waals surface area contributed by atoms with Crippen molar-refractivity contribution in [2.75, 3.05) is 0 Å². The lowest BCUT2D eigenvalue weighted by Crippen LogP contribution is -1.90. The highest BCUT2D eigenvalue weighted by Crippen LogP contribution is 2.34. The van der Waals surface area contributed by atoms with Crippen LogP contribution in [0.5, 0.6) is 0 Å². The zero-order valence-corrected chi connectivity index (χ0v) is 19.4. The SMILES string of the molecule is Cc1c(-c2nnc3sc(/C=C/c4ccc(-c5ccc(Cl)cc5Cl)o4)nn23)oc2ccccc12. The molecule has 6 aromatic rings. The Morgan fingerprint density at radius 2 is 1.85 bits per heavy atom. The summed E-state index contributed by atoms with van der Waals surface area (Å²) in [5, 5.41) is 16.1. The number of aryl methyl sites for hydroxylation is 1. The molecule has 0 saturated carbocycles. The second-order valence-electron chi connectivity index (χ2n) is 7.37. The van der Waals surface area contributed by atoms with Gasteiger partial charge in [-0.05, 0) is 55.5 Å². The topological polar surface area (TPSA) is 69.4 Å². The van der Waals surface area contributed by atoms with Crippen LogP contribution in [0, 0.1) is 6.92 Å². The average Bonchev–Trinajstić information content (AvgIpc) is 3.56. The molecule has 0 radical (unpaired) electrons. The van der Waals surface area contributed by atoms with E-state index in [1.165, 1.54) is 11.3 Å². The van der Waals surface area contributed by atoms with Gasteiger partial charge in [0.25, 0.3) is 0 Å². The van der Waals surface area contributed by atoms with Crippen LogP contribution in [0.15, 0.2) is 63.4 Å². The summed E-state index contributed by atoms with van der Waals surface area (Å²) in [7, 11) is 0. The van der Waals surface area contributed by atoms with Gasteiger partial charge in [-0.25, -0.2) is 0 Å². The minimum absolute atomic E-state index is 0.537. The highest BCUT2D eigenvalue weighted by atomic mass is 35.5. The van der Waals surface area contributed by atoms with Crippen LogP contribution >= 0.6 is 34.5 Å². The zero-order valence-electron chi connectivity index (χ0n) is 17.1. The van der Waals surface area contributed by atoms with E-state index >= 15 is 0 Å². The van der Waals surface area contributed by atoms with E-state index < -0.39 is 0 Å². The van der Waals surface area contributed by atoms with Crippen LogP contribution in [0.25, 0.3) is 51.0 Å². The average molecular weight is 493 g/mol. The molecule has 162 valence electrons. The lowest BCUT2D eigenvalue weighted by atomic mass is 10.1. The molecule has 0 N–H and O–H groups in total. The van der Waals surface area contributed by atoms with Crippen LogP contribution in [0.4, 0.5) is 0 Å². The summed E-state index contributed by atoms with van der Waals surface area (Å²) in [6.45, 7) is 2.01. The quantitative estimate of drug-likeness (QED) is 0.252. The first-order valence-electron chi connectivity index (χ1n) is 10.0. The Morgan fingerprint density at radius 3 is 2.70 bits per heavy atom. The summed E-state index contributed by atoms with van der Waals surface area (Å²) in [6.07, 6.45) is 3.73. The van der Waals surface area contributed by atoms with Gasteiger partial charge in [0.05, 0.1) is 5.02 Å². The number of furan rings is 2. The number of hydrogen-bond donors (Lipinski definition) is 0. The normalized spacial score (nSPS) is 12.0. The molecule has 0 amide bonds. The van der Waals surface area contributed by atoms with E-state index in [4.69, 9.17) is 32.0 Å². The summed E-state index contributed by atoms with van der Waals surface area (Å²) in [4.78, 5) is 0.678. The third kappa shape index (κ3) is 3.54. The molecule has 0 fully saturated rings. The molecule has 4 heterocycles. The molecule has 0 unspecified atom stereocenters. The van der Waals surface area contributed by atoms with Crippen LogP contribution < -0.4 is 0 Å². The van der Waals surface area contributed by atoms with E-state index in [9.17, 15) is 0 Å². The van der Waals surface area contributed by atoms with E-state index in [-0.39, 0.29) is 0 Å². The van der Waals surface area contributed by atoms with E-state index in [2.05, 4.69) is 15.3 Å². The Morgan fingerprint density at radius 1 is 0.970 bits per heavy atom. The molecule has 0 aliphatic heterocycles. The van der Waals surface area contributed by atoms with Gasteiger partial charge in [0.1, 0.15) is 22.1 Å².